The van der Waals surface area contributed by atoms with Crippen LogP contribution in [0, 0.1) is 0 Å². The molecule has 2 N–H and O–H groups in total. The lowest BCUT2D eigenvalue weighted by Crippen LogP contribution is -2.46. The predicted molar refractivity (Wildman–Crippen MR) is 108 cm³/mol. The molecule has 0 aliphatic carbocycles. The first kappa shape index (κ1) is 18.5. The predicted octanol–water partition coefficient (Wildman–Crippen LogP) is 3.00. The highest BCUT2D eigenvalue weighted by Gasteiger charge is 2.15. The first-order valence-electron chi connectivity index (χ1n) is 9.62. The number of piperazine rings is 1. The summed E-state index contributed by atoms with van der Waals surface area (Å²) in [6.07, 6.45) is 2.96. The van der Waals surface area contributed by atoms with Crippen LogP contribution in [-0.4, -0.2) is 47.6 Å². The molecule has 3 rings (SSSR count). The third-order valence-electron chi connectivity index (χ3n) is 4.90. The van der Waals surface area contributed by atoms with Gasteiger partial charge in [0.25, 0.3) is 5.56 Å². The van der Waals surface area contributed by atoms with Gasteiger partial charge in [0, 0.05) is 49.3 Å². The van der Waals surface area contributed by atoms with E-state index in [-0.39, 0.29) is 5.56 Å². The average Bonchev–Trinajstić information content (AvgIpc) is 2.67. The van der Waals surface area contributed by atoms with Crippen LogP contribution >= 0.6 is 0 Å². The lowest BCUT2D eigenvalue weighted by Gasteiger charge is -2.35. The van der Waals surface area contributed by atoms with Gasteiger partial charge in [-0.15, -0.1) is 0 Å². The van der Waals surface area contributed by atoms with E-state index in [2.05, 4.69) is 51.1 Å². The molecule has 0 radical (unpaired) electrons. The number of aromatic nitrogens is 2. The molecule has 1 fully saturated rings. The van der Waals surface area contributed by atoms with Gasteiger partial charge in [-0.25, -0.2) is 4.98 Å². The van der Waals surface area contributed by atoms with E-state index >= 15 is 0 Å². The lowest BCUT2D eigenvalue weighted by atomic mass is 10.2. The first-order chi connectivity index (χ1) is 12.7. The minimum absolute atomic E-state index is 0.112. The van der Waals surface area contributed by atoms with Crippen LogP contribution in [0.2, 0.25) is 0 Å². The molecular weight excluding hydrogens is 326 g/mol. The third kappa shape index (κ3) is 4.85. The maximum atomic E-state index is 11.8. The van der Waals surface area contributed by atoms with Gasteiger partial charge in [0.2, 0.25) is 5.95 Å². The number of unbranched alkanes of at least 4 members (excludes halogenated alkanes) is 1. The van der Waals surface area contributed by atoms with Gasteiger partial charge in [-0.3, -0.25) is 9.78 Å². The zero-order valence-electron chi connectivity index (χ0n) is 15.8. The van der Waals surface area contributed by atoms with E-state index < -0.39 is 0 Å². The Labute approximate surface area is 155 Å². The largest absolute Gasteiger partial charge is 0.369 e. The topological polar surface area (TPSA) is 64.3 Å². The molecule has 0 saturated carbocycles. The van der Waals surface area contributed by atoms with Gasteiger partial charge >= 0.3 is 0 Å². The maximum Gasteiger partial charge on any atom is 0.252 e. The number of hydrogen-bond acceptors (Lipinski definition) is 5. The molecule has 2 heterocycles. The number of nitrogens with zero attached hydrogens (tertiary/aromatic N) is 3. The van der Waals surface area contributed by atoms with E-state index in [9.17, 15) is 4.79 Å². The van der Waals surface area contributed by atoms with Gasteiger partial charge in [0.15, 0.2) is 0 Å². The monoisotopic (exact) mass is 355 g/mol. The molecule has 140 valence electrons. The fourth-order valence-electron chi connectivity index (χ4n) is 3.27. The highest BCUT2D eigenvalue weighted by molar-refractivity contribution is 5.59. The molecule has 1 aliphatic rings. The first-order valence-corrected chi connectivity index (χ1v) is 9.62. The minimum atomic E-state index is -0.112. The van der Waals surface area contributed by atoms with Crippen molar-refractivity contribution < 1.29 is 0 Å². The fraction of sp³-hybridized carbons (Fsp3) is 0.500. The van der Waals surface area contributed by atoms with Crippen LogP contribution < -0.4 is 15.8 Å². The zero-order chi connectivity index (χ0) is 18.4. The van der Waals surface area contributed by atoms with Crippen LogP contribution in [-0.2, 0) is 6.42 Å². The minimum Gasteiger partial charge on any atom is -0.369 e. The van der Waals surface area contributed by atoms with E-state index in [4.69, 9.17) is 0 Å². The molecule has 6 nitrogen and oxygen atoms in total. The molecular formula is C20H29N5O. The normalized spacial score (nSPS) is 15.2. The van der Waals surface area contributed by atoms with Gasteiger partial charge in [0.1, 0.15) is 0 Å². The average molecular weight is 355 g/mol. The Morgan fingerprint density at radius 2 is 1.85 bits per heavy atom. The van der Waals surface area contributed by atoms with Crippen LogP contribution in [0.5, 0.6) is 0 Å². The van der Waals surface area contributed by atoms with Crippen LogP contribution in [0.3, 0.4) is 0 Å². The number of nitrogens with one attached hydrogen (secondary N) is 2. The summed E-state index contributed by atoms with van der Waals surface area (Å²) in [6.45, 7) is 9.84. The van der Waals surface area contributed by atoms with E-state index in [1.807, 2.05) is 12.1 Å². The molecule has 1 saturated heterocycles. The summed E-state index contributed by atoms with van der Waals surface area (Å²) in [5.74, 6) is 0.507. The van der Waals surface area contributed by atoms with Gasteiger partial charge in [-0.2, -0.15) is 0 Å². The molecule has 0 bridgehead atoms. The number of likely N-dealkylation sites (N-methyl/N-ethyl adjacent to an activating group) is 1. The summed E-state index contributed by atoms with van der Waals surface area (Å²) in [6, 6.07) is 9.92. The Balaban J connectivity index is 1.64. The molecule has 6 heteroatoms. The van der Waals surface area contributed by atoms with Crippen molar-refractivity contribution in [2.45, 2.75) is 33.1 Å². The second kappa shape index (κ2) is 8.85. The SMILES string of the molecule is CCCCc1cc(=O)[nH]c(Nc2ccc(N3CCN(CC)CC3)cc2)n1. The van der Waals surface area contributed by atoms with Gasteiger partial charge in [-0.05, 0) is 43.7 Å². The van der Waals surface area contributed by atoms with Crippen molar-refractivity contribution in [3.63, 3.8) is 0 Å². The molecule has 0 spiro atoms. The third-order valence-corrected chi connectivity index (χ3v) is 4.90. The van der Waals surface area contributed by atoms with Crippen molar-refractivity contribution in [1.29, 1.82) is 0 Å². The number of aromatic amines is 1. The Bertz CT molecular complexity index is 748. The van der Waals surface area contributed by atoms with E-state index in [1.54, 1.807) is 6.07 Å². The molecule has 0 amide bonds. The standard InChI is InChI=1S/C20H29N5O/c1-3-5-6-17-15-19(26)23-20(22-17)21-16-7-9-18(10-8-16)25-13-11-24(4-2)12-14-25/h7-10,15H,3-6,11-14H2,1-2H3,(H2,21,22,23,26). The number of H-pyrrole nitrogens is 1. The van der Waals surface area contributed by atoms with Gasteiger partial charge in [0.05, 0.1) is 0 Å². The highest BCUT2D eigenvalue weighted by atomic mass is 16.1. The molecule has 26 heavy (non-hydrogen) atoms. The number of benzene rings is 1. The fourth-order valence-corrected chi connectivity index (χ4v) is 3.27. The molecule has 2 aromatic rings. The van der Waals surface area contributed by atoms with Crippen LogP contribution in [0.4, 0.5) is 17.3 Å². The molecule has 0 atom stereocenters. The van der Waals surface area contributed by atoms with Crippen molar-refractivity contribution in [2.24, 2.45) is 0 Å². The van der Waals surface area contributed by atoms with E-state index in [0.717, 1.165) is 63.4 Å². The molecule has 1 aromatic heterocycles. The highest BCUT2D eigenvalue weighted by Crippen LogP contribution is 2.21. The summed E-state index contributed by atoms with van der Waals surface area (Å²) in [4.78, 5) is 24.0. The Kier molecular flexibility index (Phi) is 6.28. The Morgan fingerprint density at radius 3 is 2.50 bits per heavy atom. The molecule has 1 aromatic carbocycles. The molecule has 0 unspecified atom stereocenters. The van der Waals surface area contributed by atoms with Crippen molar-refractivity contribution in [3.05, 3.63) is 46.4 Å². The van der Waals surface area contributed by atoms with E-state index in [1.165, 1.54) is 5.69 Å². The van der Waals surface area contributed by atoms with Crippen molar-refractivity contribution in [3.8, 4) is 0 Å². The number of rotatable bonds is 7. The van der Waals surface area contributed by atoms with Gasteiger partial charge < -0.3 is 15.1 Å². The summed E-state index contributed by atoms with van der Waals surface area (Å²) in [5, 5.41) is 3.21. The van der Waals surface area contributed by atoms with Crippen molar-refractivity contribution in [2.75, 3.05) is 42.9 Å². The van der Waals surface area contributed by atoms with Crippen LogP contribution in [0.1, 0.15) is 32.4 Å². The Hall–Kier alpha value is -2.34. The number of aryl methyl sites for hydroxylation is 1. The van der Waals surface area contributed by atoms with Crippen LogP contribution in [0.15, 0.2) is 35.1 Å². The number of anilines is 3. The van der Waals surface area contributed by atoms with Crippen molar-refractivity contribution in [1.82, 2.24) is 14.9 Å². The van der Waals surface area contributed by atoms with Crippen LogP contribution in [0.25, 0.3) is 0 Å². The zero-order valence-corrected chi connectivity index (χ0v) is 15.8. The smallest absolute Gasteiger partial charge is 0.252 e. The maximum absolute atomic E-state index is 11.8. The quantitative estimate of drug-likeness (QED) is 0.799. The summed E-state index contributed by atoms with van der Waals surface area (Å²) >= 11 is 0. The summed E-state index contributed by atoms with van der Waals surface area (Å²) < 4.78 is 0. The summed E-state index contributed by atoms with van der Waals surface area (Å²) in [5.41, 5.74) is 2.89. The van der Waals surface area contributed by atoms with Gasteiger partial charge in [-0.1, -0.05) is 20.3 Å². The van der Waals surface area contributed by atoms with E-state index in [0.29, 0.717) is 5.95 Å². The number of hydrogen-bond donors (Lipinski definition) is 2. The van der Waals surface area contributed by atoms with Crippen molar-refractivity contribution >= 4 is 17.3 Å². The molecule has 1 aliphatic heterocycles. The summed E-state index contributed by atoms with van der Waals surface area (Å²) in [7, 11) is 0. The second-order valence-corrected chi connectivity index (χ2v) is 6.78. The Morgan fingerprint density at radius 1 is 1.12 bits per heavy atom. The second-order valence-electron chi connectivity index (χ2n) is 6.78. The lowest BCUT2D eigenvalue weighted by molar-refractivity contribution is 0.271.